The van der Waals surface area contributed by atoms with E-state index in [9.17, 15) is 0 Å². The number of rotatable bonds is 3. The fourth-order valence-corrected chi connectivity index (χ4v) is 5.21. The van der Waals surface area contributed by atoms with Crippen LogP contribution in [0.1, 0.15) is 52.5 Å². The van der Waals surface area contributed by atoms with Gasteiger partial charge in [0.25, 0.3) is 0 Å². The third-order valence-electron chi connectivity index (χ3n) is 5.92. The van der Waals surface area contributed by atoms with Gasteiger partial charge in [-0.1, -0.05) is 71.6 Å². The Labute approximate surface area is 174 Å². The quantitative estimate of drug-likeness (QED) is 0.295. The minimum Gasteiger partial charge on any atom is -0.489 e. The van der Waals surface area contributed by atoms with E-state index in [1.165, 1.54) is 16.5 Å². The van der Waals surface area contributed by atoms with Crippen LogP contribution < -0.4 is 4.74 Å². The molecule has 3 unspecified atom stereocenters. The summed E-state index contributed by atoms with van der Waals surface area (Å²) in [6.45, 7) is 8.06. The molecule has 2 nitrogen and oxygen atoms in total. The molecule has 0 radical (unpaired) electrons. The number of alkyl halides is 1. The van der Waals surface area contributed by atoms with Gasteiger partial charge in [0.05, 0.1) is 16.2 Å². The van der Waals surface area contributed by atoms with Crippen LogP contribution in [0.2, 0.25) is 0 Å². The summed E-state index contributed by atoms with van der Waals surface area (Å²) in [5.41, 5.74) is 5.52. The Morgan fingerprint density at radius 1 is 1.18 bits per heavy atom. The molecule has 0 saturated carbocycles. The van der Waals surface area contributed by atoms with Crippen molar-refractivity contribution < 1.29 is 4.74 Å². The zero-order valence-electron chi connectivity index (χ0n) is 15.7. The Balaban J connectivity index is 1.84. The van der Waals surface area contributed by atoms with Gasteiger partial charge in [-0.3, -0.25) is 4.98 Å². The van der Waals surface area contributed by atoms with E-state index in [4.69, 9.17) is 9.72 Å². The topological polar surface area (TPSA) is 22.1 Å². The summed E-state index contributed by atoms with van der Waals surface area (Å²) in [7, 11) is 0. The lowest BCUT2D eigenvalue weighted by atomic mass is 9.82. The number of nitrogens with zero attached hydrogens (tertiary/aromatic N) is 1. The SMILES string of the molecule is C=C/C=C\C(=C)c1nc2c(c3c4c(ccc13)OC1CC=CCC41)C=CCC2Br. The van der Waals surface area contributed by atoms with Gasteiger partial charge in [0.2, 0.25) is 0 Å². The van der Waals surface area contributed by atoms with Crippen molar-refractivity contribution in [1.29, 1.82) is 0 Å². The zero-order chi connectivity index (χ0) is 19.3. The van der Waals surface area contributed by atoms with Crippen molar-refractivity contribution >= 4 is 38.4 Å². The molecule has 0 saturated heterocycles. The van der Waals surface area contributed by atoms with Crippen molar-refractivity contribution in [2.75, 3.05) is 0 Å². The molecule has 2 aromatic rings. The zero-order valence-corrected chi connectivity index (χ0v) is 17.3. The number of benzene rings is 1. The van der Waals surface area contributed by atoms with Gasteiger partial charge in [-0.2, -0.15) is 0 Å². The minimum absolute atomic E-state index is 0.215. The summed E-state index contributed by atoms with van der Waals surface area (Å²) < 4.78 is 6.34. The molecule has 0 amide bonds. The third-order valence-corrected chi connectivity index (χ3v) is 6.73. The first-order valence-electron chi connectivity index (χ1n) is 9.80. The largest absolute Gasteiger partial charge is 0.489 e. The van der Waals surface area contributed by atoms with E-state index in [1.54, 1.807) is 6.08 Å². The predicted molar refractivity (Wildman–Crippen MR) is 121 cm³/mol. The number of aromatic nitrogens is 1. The van der Waals surface area contributed by atoms with Gasteiger partial charge in [0, 0.05) is 34.2 Å². The molecule has 2 aliphatic carbocycles. The summed E-state index contributed by atoms with van der Waals surface area (Å²) in [5.74, 6) is 1.44. The maximum atomic E-state index is 6.34. The molecule has 28 heavy (non-hydrogen) atoms. The highest BCUT2D eigenvalue weighted by atomic mass is 79.9. The molecular formula is C25H22BrNO. The molecule has 0 bridgehead atoms. The molecule has 140 valence electrons. The van der Waals surface area contributed by atoms with Crippen molar-refractivity contribution in [3.63, 3.8) is 0 Å². The smallest absolute Gasteiger partial charge is 0.124 e. The maximum absolute atomic E-state index is 6.34. The van der Waals surface area contributed by atoms with Crippen LogP contribution in [-0.4, -0.2) is 11.1 Å². The lowest BCUT2D eigenvalue weighted by Crippen LogP contribution is -2.20. The molecule has 3 atom stereocenters. The lowest BCUT2D eigenvalue weighted by Gasteiger charge is -2.24. The van der Waals surface area contributed by atoms with E-state index in [-0.39, 0.29) is 10.9 Å². The Morgan fingerprint density at radius 3 is 2.89 bits per heavy atom. The van der Waals surface area contributed by atoms with Crippen LogP contribution in [0, 0.1) is 0 Å². The fourth-order valence-electron chi connectivity index (χ4n) is 4.65. The van der Waals surface area contributed by atoms with Crippen LogP contribution in [0.5, 0.6) is 5.75 Å². The van der Waals surface area contributed by atoms with E-state index >= 15 is 0 Å². The second-order valence-corrected chi connectivity index (χ2v) is 8.70. The number of halogens is 1. The monoisotopic (exact) mass is 431 g/mol. The molecule has 1 aliphatic heterocycles. The molecule has 0 N–H and O–H groups in total. The van der Waals surface area contributed by atoms with Crippen LogP contribution in [0.3, 0.4) is 0 Å². The van der Waals surface area contributed by atoms with Gasteiger partial charge in [-0.15, -0.1) is 0 Å². The van der Waals surface area contributed by atoms with Gasteiger partial charge in [0.15, 0.2) is 0 Å². The summed E-state index contributed by atoms with van der Waals surface area (Å²) >= 11 is 3.84. The normalized spacial score (nSPS) is 24.7. The Bertz CT molecular complexity index is 1090. The molecule has 0 spiro atoms. The van der Waals surface area contributed by atoms with Gasteiger partial charge in [-0.25, -0.2) is 0 Å². The first-order chi connectivity index (χ1) is 13.7. The summed E-state index contributed by atoms with van der Waals surface area (Å²) in [6.07, 6.45) is 17.9. The molecule has 3 heteroatoms. The second-order valence-electron chi connectivity index (χ2n) is 7.59. The van der Waals surface area contributed by atoms with Crippen molar-refractivity contribution in [3.05, 3.63) is 84.3 Å². The highest BCUT2D eigenvalue weighted by Gasteiger charge is 2.37. The molecule has 3 aliphatic rings. The van der Waals surface area contributed by atoms with Crippen molar-refractivity contribution in [1.82, 2.24) is 4.98 Å². The average molecular weight is 432 g/mol. The van der Waals surface area contributed by atoms with Gasteiger partial charge in [0.1, 0.15) is 11.9 Å². The Hall–Kier alpha value is -2.39. The lowest BCUT2D eigenvalue weighted by molar-refractivity contribution is 0.204. The first kappa shape index (κ1) is 17.7. The molecule has 2 heterocycles. The molecular weight excluding hydrogens is 410 g/mol. The van der Waals surface area contributed by atoms with Crippen LogP contribution in [-0.2, 0) is 0 Å². The van der Waals surface area contributed by atoms with Crippen molar-refractivity contribution in [3.8, 4) is 5.75 Å². The van der Waals surface area contributed by atoms with E-state index in [0.29, 0.717) is 5.92 Å². The summed E-state index contributed by atoms with van der Waals surface area (Å²) in [4.78, 5) is 5.28. The van der Waals surface area contributed by atoms with Crippen LogP contribution in [0.15, 0.2) is 61.7 Å². The van der Waals surface area contributed by atoms with Crippen molar-refractivity contribution in [2.24, 2.45) is 0 Å². The Morgan fingerprint density at radius 2 is 2.04 bits per heavy atom. The first-order valence-corrected chi connectivity index (χ1v) is 10.7. The number of hydrogen-bond acceptors (Lipinski definition) is 2. The van der Waals surface area contributed by atoms with E-state index in [0.717, 1.165) is 47.4 Å². The average Bonchev–Trinajstić information content (AvgIpc) is 3.10. The number of allylic oxidation sites excluding steroid dienone is 6. The summed E-state index contributed by atoms with van der Waals surface area (Å²) in [6, 6.07) is 4.27. The van der Waals surface area contributed by atoms with Crippen molar-refractivity contribution in [2.45, 2.75) is 36.1 Å². The number of fused-ring (bicyclic) bond motifs is 7. The fraction of sp³-hybridized carbons (Fsp3) is 0.240. The highest BCUT2D eigenvalue weighted by Crippen LogP contribution is 2.50. The van der Waals surface area contributed by atoms with Gasteiger partial charge >= 0.3 is 0 Å². The molecule has 1 aromatic heterocycles. The Kier molecular flexibility index (Phi) is 4.36. The van der Waals surface area contributed by atoms with E-state index in [1.807, 2.05) is 12.2 Å². The minimum atomic E-state index is 0.215. The predicted octanol–water partition coefficient (Wildman–Crippen LogP) is 7.04. The maximum Gasteiger partial charge on any atom is 0.124 e. The standard InChI is InChI=1S/C25H22BrNO/c1-3-4-8-15(2)24-18-13-14-21-23(16-9-5-6-12-20(16)28-21)22(18)17-10-7-11-19(26)25(17)27-24/h3-8,10,13-14,16,19-20H,1-2,9,11-12H2/b8-4-. The van der Waals surface area contributed by atoms with Crippen LogP contribution >= 0.6 is 15.9 Å². The molecule has 0 fully saturated rings. The summed E-state index contributed by atoms with van der Waals surface area (Å²) in [5, 5.41) is 2.44. The van der Waals surface area contributed by atoms with Crippen LogP contribution in [0.4, 0.5) is 0 Å². The second kappa shape index (κ2) is 6.89. The van der Waals surface area contributed by atoms with Gasteiger partial charge < -0.3 is 4.74 Å². The van der Waals surface area contributed by atoms with E-state index < -0.39 is 0 Å². The van der Waals surface area contributed by atoms with Crippen LogP contribution in [0.25, 0.3) is 22.4 Å². The van der Waals surface area contributed by atoms with Gasteiger partial charge in [-0.05, 0) is 30.5 Å². The molecule has 1 aromatic carbocycles. The number of ether oxygens (including phenoxy) is 1. The number of hydrogen-bond donors (Lipinski definition) is 0. The third kappa shape index (κ3) is 2.64. The van der Waals surface area contributed by atoms with E-state index in [2.05, 4.69) is 65.5 Å². The number of pyridine rings is 1. The molecule has 5 rings (SSSR count). The highest BCUT2D eigenvalue weighted by molar-refractivity contribution is 9.09.